The molecule has 0 aromatic heterocycles. The van der Waals surface area contributed by atoms with Crippen molar-refractivity contribution in [2.75, 3.05) is 33.4 Å². The second kappa shape index (κ2) is 7.21. The number of nitrogens with zero attached hydrogens (tertiary/aromatic N) is 1. The van der Waals surface area contributed by atoms with Gasteiger partial charge in [-0.25, -0.2) is 0 Å². The first-order valence-electron chi connectivity index (χ1n) is 7.66. The van der Waals surface area contributed by atoms with Gasteiger partial charge in [0, 0.05) is 26.2 Å². The minimum atomic E-state index is 0.342. The Morgan fingerprint density at radius 3 is 2.80 bits per heavy atom. The summed E-state index contributed by atoms with van der Waals surface area (Å²) in [7, 11) is 1.79. The van der Waals surface area contributed by atoms with Crippen molar-refractivity contribution in [3.05, 3.63) is 34.9 Å². The van der Waals surface area contributed by atoms with E-state index in [4.69, 9.17) is 10.5 Å². The molecule has 0 bridgehead atoms. The lowest BCUT2D eigenvalue weighted by molar-refractivity contribution is 0.0697. The maximum Gasteiger partial charge on any atom is 0.0502 e. The molecular weight excluding hydrogens is 248 g/mol. The van der Waals surface area contributed by atoms with E-state index >= 15 is 0 Å². The third-order valence-corrected chi connectivity index (χ3v) is 4.53. The smallest absolute Gasteiger partial charge is 0.0502 e. The Kier molecular flexibility index (Phi) is 5.58. The molecule has 0 amide bonds. The van der Waals surface area contributed by atoms with Crippen LogP contribution in [0.2, 0.25) is 0 Å². The lowest BCUT2D eigenvalue weighted by Crippen LogP contribution is -2.42. The largest absolute Gasteiger partial charge is 0.384 e. The fourth-order valence-corrected chi connectivity index (χ4v) is 3.22. The number of nitrogens with two attached hydrogens (primary N) is 1. The van der Waals surface area contributed by atoms with Crippen LogP contribution in [-0.4, -0.2) is 38.3 Å². The zero-order chi connectivity index (χ0) is 14.5. The molecule has 3 nitrogen and oxygen atoms in total. The van der Waals surface area contributed by atoms with Crippen LogP contribution in [0.15, 0.2) is 18.2 Å². The highest BCUT2D eigenvalue weighted by atomic mass is 16.5. The average molecular weight is 276 g/mol. The Morgan fingerprint density at radius 2 is 2.15 bits per heavy atom. The van der Waals surface area contributed by atoms with Gasteiger partial charge in [-0.2, -0.15) is 0 Å². The molecule has 1 heterocycles. The van der Waals surface area contributed by atoms with Gasteiger partial charge < -0.3 is 10.5 Å². The fourth-order valence-electron chi connectivity index (χ4n) is 3.22. The van der Waals surface area contributed by atoms with Crippen LogP contribution in [0.25, 0.3) is 0 Å². The molecule has 0 aliphatic carbocycles. The van der Waals surface area contributed by atoms with Gasteiger partial charge in [-0.1, -0.05) is 18.2 Å². The Labute approximate surface area is 123 Å². The molecule has 2 N–H and O–H groups in total. The van der Waals surface area contributed by atoms with Crippen molar-refractivity contribution in [2.45, 2.75) is 32.7 Å². The maximum atomic E-state index is 6.07. The summed E-state index contributed by atoms with van der Waals surface area (Å²) in [6.07, 6.45) is 2.52. The summed E-state index contributed by atoms with van der Waals surface area (Å²) in [6, 6.07) is 7.09. The third-order valence-electron chi connectivity index (χ3n) is 4.53. The topological polar surface area (TPSA) is 38.5 Å². The third kappa shape index (κ3) is 3.60. The standard InChI is InChI=1S/C17H28N2O/c1-13-6-7-16(9-14(13)2)17(10-18)19-8-4-5-15(11-19)12-20-3/h6-7,9,15,17H,4-5,8,10-12,18H2,1-3H3. The molecule has 2 unspecified atom stereocenters. The van der Waals surface area contributed by atoms with Crippen LogP contribution >= 0.6 is 0 Å². The van der Waals surface area contributed by atoms with E-state index in [0.29, 0.717) is 18.5 Å². The zero-order valence-electron chi connectivity index (χ0n) is 13.1. The predicted octanol–water partition coefficient (Wildman–Crippen LogP) is 2.66. The molecule has 1 saturated heterocycles. The van der Waals surface area contributed by atoms with E-state index in [0.717, 1.165) is 19.7 Å². The van der Waals surface area contributed by atoms with E-state index in [2.05, 4.69) is 36.9 Å². The Balaban J connectivity index is 2.12. The molecule has 20 heavy (non-hydrogen) atoms. The van der Waals surface area contributed by atoms with E-state index in [1.165, 1.54) is 29.5 Å². The number of methoxy groups -OCH3 is 1. The van der Waals surface area contributed by atoms with Crippen molar-refractivity contribution >= 4 is 0 Å². The molecule has 1 aliphatic heterocycles. The number of piperidine rings is 1. The number of aryl methyl sites for hydroxylation is 2. The Morgan fingerprint density at radius 1 is 1.35 bits per heavy atom. The Hall–Kier alpha value is -0.900. The summed E-state index contributed by atoms with van der Waals surface area (Å²) in [5.41, 5.74) is 10.1. The van der Waals surface area contributed by atoms with Gasteiger partial charge >= 0.3 is 0 Å². The maximum absolute atomic E-state index is 6.07. The molecule has 1 aliphatic rings. The highest BCUT2D eigenvalue weighted by molar-refractivity contribution is 5.32. The van der Waals surface area contributed by atoms with Crippen molar-refractivity contribution in [3.63, 3.8) is 0 Å². The molecule has 1 aromatic rings. The minimum Gasteiger partial charge on any atom is -0.384 e. The van der Waals surface area contributed by atoms with E-state index in [1.54, 1.807) is 7.11 Å². The van der Waals surface area contributed by atoms with Gasteiger partial charge in [-0.05, 0) is 55.8 Å². The van der Waals surface area contributed by atoms with Crippen LogP contribution in [0.5, 0.6) is 0 Å². The molecular formula is C17H28N2O. The van der Waals surface area contributed by atoms with Crippen molar-refractivity contribution in [1.82, 2.24) is 4.90 Å². The summed E-state index contributed by atoms with van der Waals surface area (Å²) < 4.78 is 5.33. The number of benzene rings is 1. The van der Waals surface area contributed by atoms with E-state index in [9.17, 15) is 0 Å². The van der Waals surface area contributed by atoms with Crippen molar-refractivity contribution in [1.29, 1.82) is 0 Å². The van der Waals surface area contributed by atoms with Crippen molar-refractivity contribution in [2.24, 2.45) is 11.7 Å². The van der Waals surface area contributed by atoms with Gasteiger partial charge in [0.15, 0.2) is 0 Å². The summed E-state index contributed by atoms with van der Waals surface area (Å²) in [5, 5.41) is 0. The van der Waals surface area contributed by atoms with Gasteiger partial charge in [0.2, 0.25) is 0 Å². The van der Waals surface area contributed by atoms with Crippen LogP contribution in [0.3, 0.4) is 0 Å². The summed E-state index contributed by atoms with van der Waals surface area (Å²) in [6.45, 7) is 8.13. The van der Waals surface area contributed by atoms with Crippen molar-refractivity contribution < 1.29 is 4.74 Å². The molecule has 1 aromatic carbocycles. The van der Waals surface area contributed by atoms with E-state index in [1.807, 2.05) is 0 Å². The predicted molar refractivity (Wildman–Crippen MR) is 83.9 cm³/mol. The molecule has 1 fully saturated rings. The monoisotopic (exact) mass is 276 g/mol. The van der Waals surface area contributed by atoms with E-state index in [-0.39, 0.29) is 0 Å². The van der Waals surface area contributed by atoms with Crippen LogP contribution in [0.1, 0.15) is 35.6 Å². The van der Waals surface area contributed by atoms with Crippen molar-refractivity contribution in [3.8, 4) is 0 Å². The van der Waals surface area contributed by atoms with Crippen LogP contribution in [0, 0.1) is 19.8 Å². The number of hydrogen-bond donors (Lipinski definition) is 1. The Bertz CT molecular complexity index is 431. The zero-order valence-corrected chi connectivity index (χ0v) is 13.1. The van der Waals surface area contributed by atoms with E-state index < -0.39 is 0 Å². The second-order valence-electron chi connectivity index (χ2n) is 6.05. The van der Waals surface area contributed by atoms with Crippen LogP contribution < -0.4 is 5.73 Å². The first-order valence-corrected chi connectivity index (χ1v) is 7.66. The highest BCUT2D eigenvalue weighted by Crippen LogP contribution is 2.27. The summed E-state index contributed by atoms with van der Waals surface area (Å²) in [5.74, 6) is 0.648. The molecule has 0 saturated carbocycles. The number of hydrogen-bond acceptors (Lipinski definition) is 3. The molecule has 2 atom stereocenters. The minimum absolute atomic E-state index is 0.342. The number of likely N-dealkylation sites (tertiary alicyclic amines) is 1. The SMILES string of the molecule is COCC1CCCN(C(CN)c2ccc(C)c(C)c2)C1. The number of ether oxygens (including phenoxy) is 1. The number of rotatable bonds is 5. The highest BCUT2D eigenvalue weighted by Gasteiger charge is 2.26. The van der Waals surface area contributed by atoms with Crippen LogP contribution in [-0.2, 0) is 4.74 Å². The van der Waals surface area contributed by atoms with Gasteiger partial charge in [0.25, 0.3) is 0 Å². The summed E-state index contributed by atoms with van der Waals surface area (Å²) in [4.78, 5) is 2.54. The molecule has 112 valence electrons. The average Bonchev–Trinajstić information content (AvgIpc) is 2.44. The summed E-state index contributed by atoms with van der Waals surface area (Å²) >= 11 is 0. The van der Waals surface area contributed by atoms with Gasteiger partial charge in [0.1, 0.15) is 0 Å². The first kappa shape index (κ1) is 15.5. The van der Waals surface area contributed by atoms with Gasteiger partial charge in [-0.15, -0.1) is 0 Å². The normalized spacial score (nSPS) is 21.9. The molecule has 2 rings (SSSR count). The molecule has 3 heteroatoms. The first-order chi connectivity index (χ1) is 9.65. The van der Waals surface area contributed by atoms with Crippen LogP contribution in [0.4, 0.5) is 0 Å². The fraction of sp³-hybridized carbons (Fsp3) is 0.647. The van der Waals surface area contributed by atoms with Gasteiger partial charge in [0.05, 0.1) is 6.61 Å². The second-order valence-corrected chi connectivity index (χ2v) is 6.05. The van der Waals surface area contributed by atoms with Gasteiger partial charge in [-0.3, -0.25) is 4.90 Å². The molecule has 0 radical (unpaired) electrons. The lowest BCUT2D eigenvalue weighted by Gasteiger charge is -2.38. The lowest BCUT2D eigenvalue weighted by atomic mass is 9.94. The molecule has 0 spiro atoms. The quantitative estimate of drug-likeness (QED) is 0.898.